The minimum Gasteiger partial charge on any atom is -0.310 e. The minimum absolute atomic E-state index is 0.531. The Morgan fingerprint density at radius 1 is 0.216 bits per heavy atom. The van der Waals surface area contributed by atoms with Gasteiger partial charge in [0.25, 0.3) is 0 Å². The fraction of sp³-hybridized carbons (Fsp3) is 0.0137. The molecular formula is C73H45N. The van der Waals surface area contributed by atoms with Crippen LogP contribution in [0.2, 0.25) is 0 Å². The van der Waals surface area contributed by atoms with Crippen molar-refractivity contribution in [3.8, 4) is 44.5 Å². The molecule has 14 aromatic carbocycles. The van der Waals surface area contributed by atoms with Crippen LogP contribution in [-0.2, 0) is 5.41 Å². The summed E-state index contributed by atoms with van der Waals surface area (Å²) in [4.78, 5) is 2.56. The Kier molecular flexibility index (Phi) is 8.73. The summed E-state index contributed by atoms with van der Waals surface area (Å²) in [6, 6.07) is 103. The lowest BCUT2D eigenvalue weighted by Crippen LogP contribution is -2.26. The quantitative estimate of drug-likeness (QED) is 0.155. The molecule has 0 N–H and O–H groups in total. The van der Waals surface area contributed by atoms with Gasteiger partial charge in [0.2, 0.25) is 0 Å². The van der Waals surface area contributed by atoms with E-state index < -0.39 is 5.41 Å². The molecule has 0 bridgehead atoms. The number of nitrogens with zero attached hydrogens (tertiary/aromatic N) is 1. The number of rotatable bonds is 5. The summed E-state index contributed by atoms with van der Waals surface area (Å²) >= 11 is 0. The Hall–Kier alpha value is -9.56. The second-order valence-electron chi connectivity index (χ2n) is 20.3. The molecule has 1 nitrogen and oxygen atoms in total. The molecule has 0 heterocycles. The van der Waals surface area contributed by atoms with Crippen molar-refractivity contribution in [2.75, 3.05) is 4.90 Å². The predicted octanol–water partition coefficient (Wildman–Crippen LogP) is 19.8. The maximum absolute atomic E-state index is 2.58. The van der Waals surface area contributed by atoms with Crippen LogP contribution in [-0.4, -0.2) is 0 Å². The number of fused-ring (bicyclic) bond motifs is 20. The Morgan fingerprint density at radius 2 is 0.662 bits per heavy atom. The van der Waals surface area contributed by atoms with E-state index in [0.717, 1.165) is 17.1 Å². The standard InChI is InChI=1S/C73H45N/c1-3-19-53-46(16-1)18-15-28-55(53)48-34-37-51(38-35-48)74(52-39-41-61-59-23-6-5-21-57(59)58-22-7-8-24-60(58)66(61)43-52)72-45-71-67(44-65(72)50-36-40-56-49(42-50)33-32-47-17-2-4-20-54(47)56)64-27-11-14-31-70(64)73(71)68-29-12-9-25-62(68)63-26-10-13-30-69(63)73/h1-45H. The highest BCUT2D eigenvalue weighted by Gasteiger charge is 2.52. The highest BCUT2D eigenvalue weighted by atomic mass is 15.1. The van der Waals surface area contributed by atoms with Gasteiger partial charge in [-0.1, -0.05) is 231 Å². The molecule has 1 heteroatoms. The predicted molar refractivity (Wildman–Crippen MR) is 313 cm³/mol. The van der Waals surface area contributed by atoms with Crippen molar-refractivity contribution in [3.63, 3.8) is 0 Å². The van der Waals surface area contributed by atoms with Crippen LogP contribution < -0.4 is 4.90 Å². The zero-order chi connectivity index (χ0) is 48.5. The highest BCUT2D eigenvalue weighted by molar-refractivity contribution is 6.26. The summed E-state index contributed by atoms with van der Waals surface area (Å²) in [5.41, 5.74) is 18.0. The van der Waals surface area contributed by atoms with Crippen molar-refractivity contribution in [1.29, 1.82) is 0 Å². The van der Waals surface area contributed by atoms with E-state index in [4.69, 9.17) is 0 Å². The van der Waals surface area contributed by atoms with Gasteiger partial charge in [-0.3, -0.25) is 0 Å². The second kappa shape index (κ2) is 15.7. The lowest BCUT2D eigenvalue weighted by atomic mass is 9.70. The van der Waals surface area contributed by atoms with Crippen molar-refractivity contribution in [2.45, 2.75) is 5.41 Å². The molecule has 16 rings (SSSR count). The molecule has 14 aromatic rings. The van der Waals surface area contributed by atoms with Crippen molar-refractivity contribution in [1.82, 2.24) is 0 Å². The van der Waals surface area contributed by atoms with E-state index in [1.807, 2.05) is 0 Å². The van der Waals surface area contributed by atoms with Crippen LogP contribution >= 0.6 is 0 Å². The van der Waals surface area contributed by atoms with E-state index in [9.17, 15) is 0 Å². The van der Waals surface area contributed by atoms with Gasteiger partial charge in [0.1, 0.15) is 0 Å². The van der Waals surface area contributed by atoms with Gasteiger partial charge < -0.3 is 4.90 Å². The van der Waals surface area contributed by atoms with E-state index in [2.05, 4.69) is 278 Å². The third-order valence-corrected chi connectivity index (χ3v) is 16.6. The fourth-order valence-electron chi connectivity index (χ4n) is 13.5. The smallest absolute Gasteiger partial charge is 0.0726 e. The van der Waals surface area contributed by atoms with Gasteiger partial charge in [-0.05, 0) is 168 Å². The molecule has 74 heavy (non-hydrogen) atoms. The first-order chi connectivity index (χ1) is 36.7. The number of benzene rings is 14. The fourth-order valence-corrected chi connectivity index (χ4v) is 13.5. The van der Waals surface area contributed by atoms with Crippen molar-refractivity contribution >= 4 is 81.7 Å². The van der Waals surface area contributed by atoms with Crippen molar-refractivity contribution in [2.24, 2.45) is 0 Å². The van der Waals surface area contributed by atoms with Crippen LogP contribution in [0.15, 0.2) is 273 Å². The highest BCUT2D eigenvalue weighted by Crippen LogP contribution is 2.64. The number of hydrogen-bond donors (Lipinski definition) is 0. The monoisotopic (exact) mass is 935 g/mol. The van der Waals surface area contributed by atoms with Crippen LogP contribution in [0.1, 0.15) is 22.3 Å². The lowest BCUT2D eigenvalue weighted by Gasteiger charge is -2.33. The van der Waals surface area contributed by atoms with Crippen LogP contribution in [0.5, 0.6) is 0 Å². The van der Waals surface area contributed by atoms with Gasteiger partial charge in [0.15, 0.2) is 0 Å². The molecule has 0 saturated heterocycles. The number of hydrogen-bond acceptors (Lipinski definition) is 1. The first-order valence-electron chi connectivity index (χ1n) is 25.8. The van der Waals surface area contributed by atoms with Gasteiger partial charge >= 0.3 is 0 Å². The van der Waals surface area contributed by atoms with E-state index in [-0.39, 0.29) is 0 Å². The van der Waals surface area contributed by atoms with E-state index in [1.165, 1.54) is 131 Å². The molecule has 0 aromatic heterocycles. The van der Waals surface area contributed by atoms with Gasteiger partial charge in [0, 0.05) is 16.9 Å². The van der Waals surface area contributed by atoms with Gasteiger partial charge in [-0.15, -0.1) is 0 Å². The maximum Gasteiger partial charge on any atom is 0.0726 e. The topological polar surface area (TPSA) is 3.24 Å². The average molecular weight is 936 g/mol. The molecule has 0 atom stereocenters. The van der Waals surface area contributed by atoms with Crippen LogP contribution in [0, 0.1) is 0 Å². The van der Waals surface area contributed by atoms with Gasteiger partial charge in [0.05, 0.1) is 11.1 Å². The van der Waals surface area contributed by atoms with E-state index in [0.29, 0.717) is 0 Å². The first kappa shape index (κ1) is 41.1. The SMILES string of the molecule is c1ccc2c(c1)-c1ccccc1C21c2ccccc2-c2cc(-c3ccc4c(ccc5ccccc54)c3)c(N(c3ccc(-c4cccc5ccccc45)cc3)c3ccc4c5ccccc5c5ccccc5c4c3)cc21. The normalized spacial score (nSPS) is 13.0. The molecule has 0 aliphatic heterocycles. The van der Waals surface area contributed by atoms with Crippen molar-refractivity contribution in [3.05, 3.63) is 295 Å². The molecule has 2 aliphatic carbocycles. The molecule has 1 spiro atoms. The molecule has 0 unspecified atom stereocenters. The zero-order valence-electron chi connectivity index (χ0n) is 40.4. The zero-order valence-corrected chi connectivity index (χ0v) is 40.4. The maximum atomic E-state index is 2.58. The van der Waals surface area contributed by atoms with Crippen LogP contribution in [0.4, 0.5) is 17.1 Å². The molecule has 0 radical (unpaired) electrons. The average Bonchev–Trinajstić information content (AvgIpc) is 3.95. The largest absolute Gasteiger partial charge is 0.310 e. The molecule has 342 valence electrons. The molecular weight excluding hydrogens is 891 g/mol. The summed E-state index contributed by atoms with van der Waals surface area (Å²) < 4.78 is 0. The van der Waals surface area contributed by atoms with Gasteiger partial charge in [-0.25, -0.2) is 0 Å². The third kappa shape index (κ3) is 5.75. The third-order valence-electron chi connectivity index (χ3n) is 16.6. The Morgan fingerprint density at radius 3 is 1.32 bits per heavy atom. The van der Waals surface area contributed by atoms with Crippen LogP contribution in [0.25, 0.3) is 109 Å². The van der Waals surface area contributed by atoms with E-state index >= 15 is 0 Å². The first-order valence-corrected chi connectivity index (χ1v) is 25.8. The summed E-state index contributed by atoms with van der Waals surface area (Å²) in [7, 11) is 0. The molecule has 0 saturated carbocycles. The van der Waals surface area contributed by atoms with E-state index in [1.54, 1.807) is 0 Å². The van der Waals surface area contributed by atoms with Crippen molar-refractivity contribution < 1.29 is 0 Å². The molecule has 0 fully saturated rings. The Labute approximate surface area is 429 Å². The Bertz CT molecular complexity index is 4590. The van der Waals surface area contributed by atoms with Crippen LogP contribution in [0.3, 0.4) is 0 Å². The minimum atomic E-state index is -0.531. The summed E-state index contributed by atoms with van der Waals surface area (Å²) in [5, 5.41) is 15.0. The Balaban J connectivity index is 1.02. The lowest BCUT2D eigenvalue weighted by molar-refractivity contribution is 0.794. The molecule has 2 aliphatic rings. The summed E-state index contributed by atoms with van der Waals surface area (Å²) in [5.74, 6) is 0. The van der Waals surface area contributed by atoms with Gasteiger partial charge in [-0.2, -0.15) is 0 Å². The number of anilines is 3. The molecule has 0 amide bonds. The summed E-state index contributed by atoms with van der Waals surface area (Å²) in [6.45, 7) is 0. The second-order valence-corrected chi connectivity index (χ2v) is 20.3. The summed E-state index contributed by atoms with van der Waals surface area (Å²) in [6.07, 6.45) is 0.